The van der Waals surface area contributed by atoms with Crippen LogP contribution in [0.3, 0.4) is 0 Å². The molecule has 16 heavy (non-hydrogen) atoms. The summed E-state index contributed by atoms with van der Waals surface area (Å²) in [4.78, 5) is 7.20. The Morgan fingerprint density at radius 3 is 3.00 bits per heavy atom. The molecule has 1 aliphatic carbocycles. The van der Waals surface area contributed by atoms with Gasteiger partial charge in [-0.3, -0.25) is 0 Å². The largest absolute Gasteiger partial charge is 0.355 e. The summed E-state index contributed by atoms with van der Waals surface area (Å²) in [5.41, 5.74) is 0. The second-order valence-electron chi connectivity index (χ2n) is 4.10. The van der Waals surface area contributed by atoms with Crippen LogP contribution in [0.15, 0.2) is 12.1 Å². The van der Waals surface area contributed by atoms with Gasteiger partial charge in [0, 0.05) is 27.2 Å². The van der Waals surface area contributed by atoms with Gasteiger partial charge in [0.1, 0.15) is 5.82 Å². The molecule has 2 aromatic rings. The monoisotopic (exact) mass is 251 g/mol. The summed E-state index contributed by atoms with van der Waals surface area (Å²) in [6.07, 6.45) is 2.53. The van der Waals surface area contributed by atoms with Crippen LogP contribution in [-0.4, -0.2) is 9.36 Å². The van der Waals surface area contributed by atoms with Crippen molar-refractivity contribution in [2.75, 3.05) is 5.32 Å². The Kier molecular flexibility index (Phi) is 2.65. The molecule has 0 saturated heterocycles. The molecule has 5 heteroatoms. The van der Waals surface area contributed by atoms with Crippen molar-refractivity contribution in [3.05, 3.63) is 27.7 Å². The lowest BCUT2D eigenvalue weighted by atomic mass is 10.4. The maximum Gasteiger partial charge on any atom is 0.202 e. The number of thiophene rings is 1. The minimum Gasteiger partial charge on any atom is -0.355 e. The van der Waals surface area contributed by atoms with Gasteiger partial charge in [0.2, 0.25) is 5.13 Å². The van der Waals surface area contributed by atoms with Gasteiger partial charge >= 0.3 is 0 Å². The number of hydrogen-bond acceptors (Lipinski definition) is 5. The Labute approximate surface area is 103 Å². The van der Waals surface area contributed by atoms with E-state index in [2.05, 4.69) is 33.7 Å². The van der Waals surface area contributed by atoms with Gasteiger partial charge in [-0.25, -0.2) is 4.98 Å². The van der Waals surface area contributed by atoms with Gasteiger partial charge in [-0.05, 0) is 31.9 Å². The van der Waals surface area contributed by atoms with Gasteiger partial charge < -0.3 is 5.32 Å². The number of aromatic nitrogens is 2. The van der Waals surface area contributed by atoms with Crippen molar-refractivity contribution < 1.29 is 0 Å². The fourth-order valence-electron chi connectivity index (χ4n) is 1.56. The summed E-state index contributed by atoms with van der Waals surface area (Å²) in [5.74, 6) is 1.69. The van der Waals surface area contributed by atoms with Crippen LogP contribution >= 0.6 is 22.9 Å². The van der Waals surface area contributed by atoms with E-state index in [1.807, 2.05) is 11.3 Å². The summed E-state index contributed by atoms with van der Waals surface area (Å²) in [6, 6.07) is 4.31. The van der Waals surface area contributed by atoms with Crippen LogP contribution in [0, 0.1) is 6.92 Å². The van der Waals surface area contributed by atoms with Gasteiger partial charge in [0.25, 0.3) is 0 Å². The fourth-order valence-corrected chi connectivity index (χ4v) is 3.03. The first kappa shape index (κ1) is 10.2. The predicted molar refractivity (Wildman–Crippen MR) is 68.3 cm³/mol. The molecule has 3 rings (SSSR count). The predicted octanol–water partition coefficient (Wildman–Crippen LogP) is 3.40. The van der Waals surface area contributed by atoms with Crippen LogP contribution in [0.4, 0.5) is 5.13 Å². The van der Waals surface area contributed by atoms with Crippen molar-refractivity contribution in [3.63, 3.8) is 0 Å². The van der Waals surface area contributed by atoms with Crippen LogP contribution < -0.4 is 5.32 Å². The molecule has 0 amide bonds. The van der Waals surface area contributed by atoms with Crippen molar-refractivity contribution in [2.24, 2.45) is 0 Å². The lowest BCUT2D eigenvalue weighted by Gasteiger charge is -1.97. The summed E-state index contributed by atoms with van der Waals surface area (Å²) in [5, 5.41) is 4.28. The van der Waals surface area contributed by atoms with Crippen molar-refractivity contribution in [2.45, 2.75) is 32.2 Å². The van der Waals surface area contributed by atoms with Gasteiger partial charge in [-0.1, -0.05) is 0 Å². The third-order valence-electron chi connectivity index (χ3n) is 2.59. The summed E-state index contributed by atoms with van der Waals surface area (Å²) < 4.78 is 4.37. The van der Waals surface area contributed by atoms with E-state index < -0.39 is 0 Å². The zero-order chi connectivity index (χ0) is 11.0. The van der Waals surface area contributed by atoms with Crippen molar-refractivity contribution in [3.8, 4) is 0 Å². The van der Waals surface area contributed by atoms with Crippen LogP contribution in [-0.2, 0) is 6.54 Å². The second kappa shape index (κ2) is 4.14. The molecule has 84 valence electrons. The van der Waals surface area contributed by atoms with Gasteiger partial charge in [0.15, 0.2) is 0 Å². The van der Waals surface area contributed by atoms with Crippen molar-refractivity contribution in [1.82, 2.24) is 9.36 Å². The maximum absolute atomic E-state index is 4.50. The Bertz CT molecular complexity index is 485. The van der Waals surface area contributed by atoms with E-state index in [9.17, 15) is 0 Å². The van der Waals surface area contributed by atoms with E-state index in [0.29, 0.717) is 5.92 Å². The number of hydrogen-bond donors (Lipinski definition) is 1. The number of nitrogens with zero attached hydrogens (tertiary/aromatic N) is 2. The third-order valence-corrected chi connectivity index (χ3v) is 4.28. The first-order chi connectivity index (χ1) is 7.81. The molecule has 2 heterocycles. The van der Waals surface area contributed by atoms with Crippen LogP contribution in [0.25, 0.3) is 0 Å². The summed E-state index contributed by atoms with van der Waals surface area (Å²) in [6.45, 7) is 2.99. The maximum atomic E-state index is 4.50. The number of anilines is 1. The molecule has 1 N–H and O–H groups in total. The standard InChI is InChI=1S/C11H13N3S2/c1-7-2-5-9(15-7)6-12-11-13-10(14-16-11)8-3-4-8/h2,5,8H,3-4,6H2,1H3,(H,12,13,14). The van der Waals surface area contributed by atoms with Gasteiger partial charge in [-0.2, -0.15) is 4.37 Å². The van der Waals surface area contributed by atoms with E-state index in [1.54, 1.807) is 0 Å². The zero-order valence-electron chi connectivity index (χ0n) is 9.06. The molecule has 3 nitrogen and oxygen atoms in total. The van der Waals surface area contributed by atoms with E-state index in [4.69, 9.17) is 0 Å². The van der Waals surface area contributed by atoms with Crippen LogP contribution in [0.2, 0.25) is 0 Å². The van der Waals surface area contributed by atoms with E-state index in [1.165, 1.54) is 34.1 Å². The molecule has 0 aliphatic heterocycles. The van der Waals surface area contributed by atoms with Crippen LogP contribution in [0.5, 0.6) is 0 Å². The van der Waals surface area contributed by atoms with E-state index in [0.717, 1.165) is 17.5 Å². The van der Waals surface area contributed by atoms with E-state index in [-0.39, 0.29) is 0 Å². The Balaban J connectivity index is 1.61. The first-order valence-corrected chi connectivity index (χ1v) is 7.03. The molecule has 0 aromatic carbocycles. The molecule has 2 aromatic heterocycles. The fraction of sp³-hybridized carbons (Fsp3) is 0.455. The number of aryl methyl sites for hydroxylation is 1. The lowest BCUT2D eigenvalue weighted by Crippen LogP contribution is -1.96. The zero-order valence-corrected chi connectivity index (χ0v) is 10.7. The second-order valence-corrected chi connectivity index (χ2v) is 6.22. The SMILES string of the molecule is Cc1ccc(CNc2nc(C3CC3)ns2)s1. The quantitative estimate of drug-likeness (QED) is 0.905. The minimum atomic E-state index is 0.649. The minimum absolute atomic E-state index is 0.649. The smallest absolute Gasteiger partial charge is 0.202 e. The molecule has 1 aliphatic rings. The molecule has 0 spiro atoms. The molecule has 0 atom stereocenters. The highest BCUT2D eigenvalue weighted by Crippen LogP contribution is 2.39. The Hall–Kier alpha value is -0.940. The lowest BCUT2D eigenvalue weighted by molar-refractivity contribution is 0.981. The topological polar surface area (TPSA) is 37.8 Å². The average Bonchev–Trinajstić information content (AvgIpc) is 2.87. The molecule has 1 fully saturated rings. The molecule has 0 radical (unpaired) electrons. The molecular formula is C11H13N3S2. The summed E-state index contributed by atoms with van der Waals surface area (Å²) in [7, 11) is 0. The molecule has 0 unspecified atom stereocenters. The normalized spacial score (nSPS) is 15.3. The van der Waals surface area contributed by atoms with Crippen LogP contribution in [0.1, 0.15) is 34.3 Å². The van der Waals surface area contributed by atoms with Crippen molar-refractivity contribution >= 4 is 28.0 Å². The molecule has 1 saturated carbocycles. The van der Waals surface area contributed by atoms with E-state index >= 15 is 0 Å². The first-order valence-electron chi connectivity index (χ1n) is 5.44. The molecule has 0 bridgehead atoms. The highest BCUT2D eigenvalue weighted by Gasteiger charge is 2.27. The number of rotatable bonds is 4. The highest BCUT2D eigenvalue weighted by atomic mass is 32.1. The Morgan fingerprint density at radius 2 is 2.31 bits per heavy atom. The van der Waals surface area contributed by atoms with Gasteiger partial charge in [-0.15, -0.1) is 11.3 Å². The van der Waals surface area contributed by atoms with Crippen molar-refractivity contribution in [1.29, 1.82) is 0 Å². The number of nitrogens with one attached hydrogen (secondary N) is 1. The molecular weight excluding hydrogens is 238 g/mol. The summed E-state index contributed by atoms with van der Waals surface area (Å²) >= 11 is 3.30. The highest BCUT2D eigenvalue weighted by molar-refractivity contribution is 7.12. The Morgan fingerprint density at radius 1 is 1.44 bits per heavy atom. The third kappa shape index (κ3) is 2.25. The van der Waals surface area contributed by atoms with Gasteiger partial charge in [0.05, 0.1) is 6.54 Å². The average molecular weight is 251 g/mol.